The highest BCUT2D eigenvalue weighted by atomic mass is 16.1. The Labute approximate surface area is 148 Å². The van der Waals surface area contributed by atoms with Crippen LogP contribution in [0, 0.1) is 0 Å². The summed E-state index contributed by atoms with van der Waals surface area (Å²) in [6.07, 6.45) is 3.95. The van der Waals surface area contributed by atoms with Gasteiger partial charge in [-0.2, -0.15) is 0 Å². The summed E-state index contributed by atoms with van der Waals surface area (Å²) in [5, 5.41) is 5.94. The van der Waals surface area contributed by atoms with E-state index in [1.54, 1.807) is 6.20 Å². The molecule has 2 rings (SSSR count). The molecule has 0 atom stereocenters. The first-order chi connectivity index (χ1) is 12.2. The zero-order chi connectivity index (χ0) is 17.9. The molecule has 4 N–H and O–H groups in total. The maximum Gasteiger partial charge on any atom is 0.224 e. The molecule has 0 unspecified atom stereocenters. The molecule has 132 valence electrons. The highest BCUT2D eigenvalue weighted by Crippen LogP contribution is 2.11. The lowest BCUT2D eigenvalue weighted by atomic mass is 10.2. The maximum absolute atomic E-state index is 11.6. The maximum atomic E-state index is 11.6. The topological polar surface area (TPSA) is 92.4 Å². The van der Waals surface area contributed by atoms with Crippen LogP contribution in [0.3, 0.4) is 0 Å². The van der Waals surface area contributed by atoms with Gasteiger partial charge in [0.15, 0.2) is 5.96 Å². The van der Waals surface area contributed by atoms with Crippen LogP contribution in [0.5, 0.6) is 0 Å². The molecule has 0 bridgehead atoms. The molecule has 0 fully saturated rings. The third-order valence-corrected chi connectivity index (χ3v) is 3.56. The number of aromatic nitrogens is 1. The minimum atomic E-state index is 0.0367. The minimum Gasteiger partial charge on any atom is -0.370 e. The number of nitrogens with zero attached hydrogens (tertiary/aromatic N) is 2. The number of hydrogen-bond donors (Lipinski definition) is 3. The Balaban J connectivity index is 1.75. The number of hydrogen-bond acceptors (Lipinski definition) is 3. The van der Waals surface area contributed by atoms with Crippen molar-refractivity contribution in [3.8, 4) is 0 Å². The number of nitrogens with two attached hydrogens (primary N) is 1. The Kier molecular flexibility index (Phi) is 7.43. The molecule has 0 spiro atoms. The van der Waals surface area contributed by atoms with Gasteiger partial charge in [-0.25, -0.2) is 4.99 Å². The molecular weight excluding hydrogens is 314 g/mol. The number of aliphatic imine (C=N–C) groups is 1. The molecule has 1 heterocycles. The summed E-state index contributed by atoms with van der Waals surface area (Å²) in [6, 6.07) is 13.5. The Morgan fingerprint density at radius 2 is 2.00 bits per heavy atom. The van der Waals surface area contributed by atoms with Crippen molar-refractivity contribution in [3.05, 3.63) is 59.9 Å². The number of amides is 1. The van der Waals surface area contributed by atoms with Crippen molar-refractivity contribution in [2.24, 2.45) is 10.7 Å². The zero-order valence-corrected chi connectivity index (χ0v) is 14.5. The second kappa shape index (κ2) is 10.1. The first kappa shape index (κ1) is 18.4. The molecule has 6 nitrogen and oxygen atoms in total. The molecule has 0 aliphatic rings. The monoisotopic (exact) mass is 339 g/mol. The summed E-state index contributed by atoms with van der Waals surface area (Å²) >= 11 is 0. The van der Waals surface area contributed by atoms with E-state index in [1.807, 2.05) is 49.4 Å². The Hall–Kier alpha value is -2.89. The van der Waals surface area contributed by atoms with Crippen LogP contribution < -0.4 is 16.4 Å². The van der Waals surface area contributed by atoms with Gasteiger partial charge in [0, 0.05) is 37.0 Å². The SMILES string of the molecule is CCCC(=O)Nc1ccc(CN=C(N)NCCc2ccccn2)cc1. The van der Waals surface area contributed by atoms with Gasteiger partial charge in [-0.1, -0.05) is 25.1 Å². The van der Waals surface area contributed by atoms with E-state index in [1.165, 1.54) is 0 Å². The third-order valence-electron chi connectivity index (χ3n) is 3.56. The standard InChI is InChI=1S/C19H25N5O/c1-2-5-18(25)24-17-9-7-15(8-10-17)14-23-19(20)22-13-11-16-6-3-4-12-21-16/h3-4,6-10,12H,2,5,11,13-14H2,1H3,(H,24,25)(H3,20,22,23). The molecule has 1 aromatic heterocycles. The van der Waals surface area contributed by atoms with Crippen molar-refractivity contribution < 1.29 is 4.79 Å². The summed E-state index contributed by atoms with van der Waals surface area (Å²) in [7, 11) is 0. The van der Waals surface area contributed by atoms with Gasteiger partial charge < -0.3 is 16.4 Å². The molecule has 25 heavy (non-hydrogen) atoms. The first-order valence-electron chi connectivity index (χ1n) is 8.50. The quantitative estimate of drug-likeness (QED) is 0.509. The van der Waals surface area contributed by atoms with E-state index >= 15 is 0 Å². The van der Waals surface area contributed by atoms with Gasteiger partial charge >= 0.3 is 0 Å². The Bertz CT molecular complexity index is 683. The van der Waals surface area contributed by atoms with E-state index < -0.39 is 0 Å². The van der Waals surface area contributed by atoms with E-state index in [4.69, 9.17) is 5.73 Å². The summed E-state index contributed by atoms with van der Waals surface area (Å²) in [5.41, 5.74) is 8.72. The molecule has 0 aliphatic heterocycles. The number of carbonyl (C=O) groups is 1. The van der Waals surface area contributed by atoms with E-state index in [9.17, 15) is 4.79 Å². The highest BCUT2D eigenvalue weighted by molar-refractivity contribution is 5.90. The van der Waals surface area contributed by atoms with Crippen molar-refractivity contribution in [2.45, 2.75) is 32.7 Å². The molecule has 1 aromatic carbocycles. The van der Waals surface area contributed by atoms with Crippen molar-refractivity contribution in [1.82, 2.24) is 10.3 Å². The number of nitrogens with one attached hydrogen (secondary N) is 2. The van der Waals surface area contributed by atoms with E-state index in [2.05, 4.69) is 20.6 Å². The fourth-order valence-electron chi connectivity index (χ4n) is 2.24. The Morgan fingerprint density at radius 3 is 2.68 bits per heavy atom. The number of rotatable bonds is 8. The van der Waals surface area contributed by atoms with Crippen LogP contribution in [-0.2, 0) is 17.8 Å². The summed E-state index contributed by atoms with van der Waals surface area (Å²) in [5.74, 6) is 0.450. The predicted molar refractivity (Wildman–Crippen MR) is 101 cm³/mol. The lowest BCUT2D eigenvalue weighted by Gasteiger charge is -2.07. The summed E-state index contributed by atoms with van der Waals surface area (Å²) in [4.78, 5) is 20.1. The second-order valence-electron chi connectivity index (χ2n) is 5.69. The number of benzene rings is 1. The lowest BCUT2D eigenvalue weighted by Crippen LogP contribution is -2.33. The van der Waals surface area contributed by atoms with Gasteiger partial charge in [0.25, 0.3) is 0 Å². The molecule has 0 aliphatic carbocycles. The van der Waals surface area contributed by atoms with E-state index in [0.717, 1.165) is 29.8 Å². The van der Waals surface area contributed by atoms with Crippen LogP contribution in [0.15, 0.2) is 53.7 Å². The first-order valence-corrected chi connectivity index (χ1v) is 8.50. The van der Waals surface area contributed by atoms with Crippen LogP contribution in [-0.4, -0.2) is 23.4 Å². The van der Waals surface area contributed by atoms with Crippen LogP contribution in [0.4, 0.5) is 5.69 Å². The second-order valence-corrected chi connectivity index (χ2v) is 5.69. The lowest BCUT2D eigenvalue weighted by molar-refractivity contribution is -0.116. The van der Waals surface area contributed by atoms with Gasteiger partial charge in [-0.05, 0) is 36.2 Å². The summed E-state index contributed by atoms with van der Waals surface area (Å²) in [6.45, 7) is 3.16. The normalized spacial score (nSPS) is 11.2. The minimum absolute atomic E-state index is 0.0367. The van der Waals surface area contributed by atoms with Crippen molar-refractivity contribution in [2.75, 3.05) is 11.9 Å². The van der Waals surface area contributed by atoms with Crippen molar-refractivity contribution in [1.29, 1.82) is 0 Å². The molecule has 6 heteroatoms. The van der Waals surface area contributed by atoms with Gasteiger partial charge in [0.2, 0.25) is 5.91 Å². The third kappa shape index (κ3) is 7.03. The van der Waals surface area contributed by atoms with Crippen LogP contribution in [0.25, 0.3) is 0 Å². The van der Waals surface area contributed by atoms with Gasteiger partial charge in [0.1, 0.15) is 0 Å². The van der Waals surface area contributed by atoms with E-state index in [0.29, 0.717) is 25.5 Å². The van der Waals surface area contributed by atoms with Crippen LogP contribution in [0.1, 0.15) is 31.0 Å². The molecular formula is C19H25N5O. The van der Waals surface area contributed by atoms with Crippen LogP contribution >= 0.6 is 0 Å². The van der Waals surface area contributed by atoms with Crippen molar-refractivity contribution >= 4 is 17.6 Å². The molecule has 0 saturated carbocycles. The summed E-state index contributed by atoms with van der Waals surface area (Å²) < 4.78 is 0. The average molecular weight is 339 g/mol. The zero-order valence-electron chi connectivity index (χ0n) is 14.5. The number of anilines is 1. The largest absolute Gasteiger partial charge is 0.370 e. The van der Waals surface area contributed by atoms with Crippen molar-refractivity contribution in [3.63, 3.8) is 0 Å². The fraction of sp³-hybridized carbons (Fsp3) is 0.316. The Morgan fingerprint density at radius 1 is 1.20 bits per heavy atom. The molecule has 0 radical (unpaired) electrons. The van der Waals surface area contributed by atoms with Crippen LogP contribution in [0.2, 0.25) is 0 Å². The van der Waals surface area contributed by atoms with Gasteiger partial charge in [-0.3, -0.25) is 9.78 Å². The van der Waals surface area contributed by atoms with E-state index in [-0.39, 0.29) is 5.91 Å². The number of pyridine rings is 1. The smallest absolute Gasteiger partial charge is 0.224 e. The molecule has 0 saturated heterocycles. The average Bonchev–Trinajstić information content (AvgIpc) is 2.62. The predicted octanol–water partition coefficient (Wildman–Crippen LogP) is 2.47. The molecule has 1 amide bonds. The number of guanidine groups is 1. The van der Waals surface area contributed by atoms with Gasteiger partial charge in [-0.15, -0.1) is 0 Å². The highest BCUT2D eigenvalue weighted by Gasteiger charge is 2.01. The number of carbonyl (C=O) groups excluding carboxylic acids is 1. The fourth-order valence-corrected chi connectivity index (χ4v) is 2.24. The van der Waals surface area contributed by atoms with Gasteiger partial charge in [0.05, 0.1) is 6.54 Å². The molecule has 2 aromatic rings.